The summed E-state index contributed by atoms with van der Waals surface area (Å²) in [7, 11) is -1.56. The lowest BCUT2D eigenvalue weighted by Gasteiger charge is -2.08. The maximum absolute atomic E-state index is 12.4. The van der Waals surface area contributed by atoms with Crippen LogP contribution in [0.15, 0.2) is 71.6 Å². The number of hydrogen-bond donors (Lipinski definition) is 1. The van der Waals surface area contributed by atoms with Crippen LogP contribution in [-0.2, 0) is 11.0 Å². The molecule has 3 nitrogen and oxygen atoms in total. The first-order valence-corrected chi connectivity index (χ1v) is 8.07. The maximum atomic E-state index is 12.4. The van der Waals surface area contributed by atoms with E-state index in [-0.39, 0.29) is 5.91 Å². The molecule has 0 aliphatic rings. The quantitative estimate of drug-likeness (QED) is 0.803. The first-order valence-electron chi connectivity index (χ1n) is 6.92. The maximum Gasteiger partial charge on any atom is 0.263 e. The fourth-order valence-corrected chi connectivity index (χ4v) is 3.06. The molecule has 0 aliphatic heterocycles. The molecule has 0 saturated heterocycles. The van der Waals surface area contributed by atoms with Gasteiger partial charge in [-0.15, -0.1) is 0 Å². The molecule has 1 atom stereocenters. The van der Waals surface area contributed by atoms with Gasteiger partial charge in [0.1, 0.15) is 0 Å². The average molecular weight is 309 g/mol. The molecule has 1 N–H and O–H groups in total. The van der Waals surface area contributed by atoms with E-state index in [2.05, 4.69) is 4.72 Å². The third-order valence-electron chi connectivity index (χ3n) is 3.45. The molecule has 0 bridgehead atoms. The van der Waals surface area contributed by atoms with Crippen molar-refractivity contribution < 1.29 is 9.00 Å². The lowest BCUT2D eigenvalue weighted by molar-refractivity contribution is 0.0984. The van der Waals surface area contributed by atoms with Gasteiger partial charge in [0.2, 0.25) is 0 Å². The molecule has 0 spiro atoms. The van der Waals surface area contributed by atoms with E-state index in [1.165, 1.54) is 0 Å². The van der Waals surface area contributed by atoms with Gasteiger partial charge >= 0.3 is 0 Å². The SMILES string of the molecule is Cc1ccc(S(=O)NC(=O)c2cccc3ccccc23)cc1. The standard InChI is InChI=1S/C18H15NO2S/c1-13-9-11-15(12-10-13)22(21)19-18(20)17-8-4-6-14-5-2-3-7-16(14)17/h2-12H,1H3,(H,19,20). The summed E-state index contributed by atoms with van der Waals surface area (Å²) in [4.78, 5) is 13.0. The number of aryl methyl sites for hydroxylation is 1. The minimum atomic E-state index is -1.56. The summed E-state index contributed by atoms with van der Waals surface area (Å²) in [6.07, 6.45) is 0. The predicted octanol–water partition coefficient (Wildman–Crippen LogP) is 3.60. The highest BCUT2D eigenvalue weighted by atomic mass is 32.2. The molecule has 0 aliphatic carbocycles. The van der Waals surface area contributed by atoms with Crippen molar-refractivity contribution in [3.05, 3.63) is 77.9 Å². The summed E-state index contributed by atoms with van der Waals surface area (Å²) in [6.45, 7) is 1.96. The third-order valence-corrected chi connectivity index (χ3v) is 4.53. The Bertz CT molecular complexity index is 851. The molecule has 0 fully saturated rings. The van der Waals surface area contributed by atoms with E-state index >= 15 is 0 Å². The van der Waals surface area contributed by atoms with E-state index in [4.69, 9.17) is 0 Å². The summed E-state index contributed by atoms with van der Waals surface area (Å²) in [5, 5.41) is 1.83. The lowest BCUT2D eigenvalue weighted by atomic mass is 10.0. The second-order valence-corrected chi connectivity index (χ2v) is 6.25. The van der Waals surface area contributed by atoms with Gasteiger partial charge in [-0.25, -0.2) is 4.21 Å². The van der Waals surface area contributed by atoms with Crippen molar-refractivity contribution in [3.8, 4) is 0 Å². The van der Waals surface area contributed by atoms with E-state index < -0.39 is 11.0 Å². The third kappa shape index (κ3) is 2.92. The summed E-state index contributed by atoms with van der Waals surface area (Å²) < 4.78 is 14.8. The van der Waals surface area contributed by atoms with Crippen LogP contribution in [0.4, 0.5) is 0 Å². The number of benzene rings is 3. The fourth-order valence-electron chi connectivity index (χ4n) is 2.28. The van der Waals surface area contributed by atoms with Gasteiger partial charge in [0.15, 0.2) is 11.0 Å². The van der Waals surface area contributed by atoms with Crippen LogP contribution in [0.2, 0.25) is 0 Å². The number of hydrogen-bond acceptors (Lipinski definition) is 2. The molecular weight excluding hydrogens is 294 g/mol. The van der Waals surface area contributed by atoms with E-state index in [9.17, 15) is 9.00 Å². The number of rotatable bonds is 3. The van der Waals surface area contributed by atoms with E-state index in [0.717, 1.165) is 16.3 Å². The number of fused-ring (bicyclic) bond motifs is 1. The molecule has 3 aromatic carbocycles. The van der Waals surface area contributed by atoms with Gasteiger partial charge in [0, 0.05) is 5.56 Å². The number of carbonyl (C=O) groups is 1. The molecule has 4 heteroatoms. The Labute approximate surface area is 131 Å². The van der Waals surface area contributed by atoms with Crippen LogP contribution in [0.25, 0.3) is 10.8 Å². The minimum Gasteiger partial charge on any atom is -0.268 e. The van der Waals surface area contributed by atoms with Gasteiger partial charge in [0.05, 0.1) is 4.90 Å². The summed E-state index contributed by atoms with van der Waals surface area (Å²) in [6, 6.07) is 20.4. The van der Waals surface area contributed by atoms with Gasteiger partial charge < -0.3 is 0 Å². The Kier molecular flexibility index (Phi) is 4.02. The molecule has 22 heavy (non-hydrogen) atoms. The second-order valence-electron chi connectivity index (χ2n) is 5.04. The number of amides is 1. The van der Waals surface area contributed by atoms with Crippen LogP contribution in [0.3, 0.4) is 0 Å². The monoisotopic (exact) mass is 309 g/mol. The van der Waals surface area contributed by atoms with Gasteiger partial charge in [-0.3, -0.25) is 9.52 Å². The van der Waals surface area contributed by atoms with Gasteiger partial charge in [-0.05, 0) is 35.9 Å². The lowest BCUT2D eigenvalue weighted by Crippen LogP contribution is -2.25. The molecule has 0 saturated carbocycles. The predicted molar refractivity (Wildman–Crippen MR) is 89.0 cm³/mol. The Morgan fingerprint density at radius 2 is 1.59 bits per heavy atom. The summed E-state index contributed by atoms with van der Waals surface area (Å²) in [5.41, 5.74) is 1.61. The van der Waals surface area contributed by atoms with E-state index in [0.29, 0.717) is 10.5 Å². The molecule has 0 aromatic heterocycles. The molecule has 3 aromatic rings. The zero-order valence-electron chi connectivity index (χ0n) is 12.1. The Balaban J connectivity index is 1.87. The van der Waals surface area contributed by atoms with Crippen molar-refractivity contribution in [2.75, 3.05) is 0 Å². The van der Waals surface area contributed by atoms with Crippen molar-refractivity contribution in [1.29, 1.82) is 0 Å². The number of nitrogens with one attached hydrogen (secondary N) is 1. The highest BCUT2D eigenvalue weighted by Crippen LogP contribution is 2.18. The van der Waals surface area contributed by atoms with Crippen molar-refractivity contribution in [3.63, 3.8) is 0 Å². The Morgan fingerprint density at radius 3 is 2.36 bits per heavy atom. The van der Waals surface area contributed by atoms with Crippen LogP contribution in [-0.4, -0.2) is 10.1 Å². The topological polar surface area (TPSA) is 46.2 Å². The van der Waals surface area contributed by atoms with E-state index in [1.54, 1.807) is 18.2 Å². The van der Waals surface area contributed by atoms with Crippen LogP contribution in [0.5, 0.6) is 0 Å². The average Bonchev–Trinajstić information content (AvgIpc) is 2.54. The zero-order chi connectivity index (χ0) is 15.5. The van der Waals surface area contributed by atoms with Crippen LogP contribution < -0.4 is 4.72 Å². The first-order chi connectivity index (χ1) is 10.6. The normalized spacial score (nSPS) is 12.0. The van der Waals surface area contributed by atoms with Crippen molar-refractivity contribution in [2.24, 2.45) is 0 Å². The first kappa shape index (κ1) is 14.5. The molecule has 0 heterocycles. The number of carbonyl (C=O) groups excluding carboxylic acids is 1. The molecule has 110 valence electrons. The zero-order valence-corrected chi connectivity index (χ0v) is 12.9. The van der Waals surface area contributed by atoms with Gasteiger partial charge in [-0.2, -0.15) is 0 Å². The molecular formula is C18H15NO2S. The Hall–Kier alpha value is -2.46. The molecule has 1 unspecified atom stereocenters. The fraction of sp³-hybridized carbons (Fsp3) is 0.0556. The minimum absolute atomic E-state index is 0.337. The summed E-state index contributed by atoms with van der Waals surface area (Å²) >= 11 is 0. The van der Waals surface area contributed by atoms with Crippen molar-refractivity contribution in [1.82, 2.24) is 4.72 Å². The van der Waals surface area contributed by atoms with Crippen molar-refractivity contribution in [2.45, 2.75) is 11.8 Å². The van der Waals surface area contributed by atoms with Crippen molar-refractivity contribution >= 4 is 27.7 Å². The van der Waals surface area contributed by atoms with Crippen LogP contribution >= 0.6 is 0 Å². The second kappa shape index (κ2) is 6.12. The largest absolute Gasteiger partial charge is 0.268 e. The highest BCUT2D eigenvalue weighted by molar-refractivity contribution is 7.83. The van der Waals surface area contributed by atoms with E-state index in [1.807, 2.05) is 55.5 Å². The van der Waals surface area contributed by atoms with Gasteiger partial charge in [-0.1, -0.05) is 54.1 Å². The van der Waals surface area contributed by atoms with Crippen LogP contribution in [0.1, 0.15) is 15.9 Å². The van der Waals surface area contributed by atoms with Crippen LogP contribution in [0, 0.1) is 6.92 Å². The molecule has 0 radical (unpaired) electrons. The van der Waals surface area contributed by atoms with Gasteiger partial charge in [0.25, 0.3) is 5.91 Å². The highest BCUT2D eigenvalue weighted by Gasteiger charge is 2.13. The molecule has 3 rings (SSSR count). The summed E-state index contributed by atoms with van der Waals surface area (Å²) in [5.74, 6) is -0.337. The molecule has 1 amide bonds. The smallest absolute Gasteiger partial charge is 0.263 e. The Morgan fingerprint density at radius 1 is 0.909 bits per heavy atom.